The lowest BCUT2D eigenvalue weighted by molar-refractivity contribution is 0.0827. The Labute approximate surface area is 190 Å². The molecule has 0 spiro atoms. The number of halogens is 1. The van der Waals surface area contributed by atoms with E-state index in [-0.39, 0.29) is 29.9 Å². The normalized spacial score (nSPS) is 10.7. The van der Waals surface area contributed by atoms with E-state index < -0.39 is 0 Å². The molecule has 0 atom stereocenters. The Morgan fingerprint density at radius 2 is 1.76 bits per heavy atom. The van der Waals surface area contributed by atoms with Crippen molar-refractivity contribution in [3.63, 3.8) is 0 Å². The van der Waals surface area contributed by atoms with Gasteiger partial charge in [-0.3, -0.25) is 9.79 Å². The van der Waals surface area contributed by atoms with Gasteiger partial charge in [0, 0.05) is 39.8 Å². The second-order valence-corrected chi connectivity index (χ2v) is 6.59. The summed E-state index contributed by atoms with van der Waals surface area (Å²) in [6.07, 6.45) is 1.69. The van der Waals surface area contributed by atoms with Gasteiger partial charge in [0.05, 0.1) is 6.61 Å². The molecule has 2 aromatic rings. The van der Waals surface area contributed by atoms with E-state index >= 15 is 0 Å². The molecule has 0 bridgehead atoms. The molecular formula is C22H31IN4O2. The van der Waals surface area contributed by atoms with Gasteiger partial charge in [0.2, 0.25) is 0 Å². The van der Waals surface area contributed by atoms with E-state index in [2.05, 4.69) is 15.6 Å². The van der Waals surface area contributed by atoms with Crippen molar-refractivity contribution < 1.29 is 9.53 Å². The third-order valence-corrected chi connectivity index (χ3v) is 4.14. The Balaban J connectivity index is 0.00000420. The highest BCUT2D eigenvalue weighted by atomic mass is 127. The molecule has 2 N–H and O–H groups in total. The number of carbonyl (C=O) groups is 1. The Kier molecular flexibility index (Phi) is 11.8. The van der Waals surface area contributed by atoms with Gasteiger partial charge >= 0.3 is 0 Å². The summed E-state index contributed by atoms with van der Waals surface area (Å²) in [7, 11) is 5.28. The van der Waals surface area contributed by atoms with Crippen LogP contribution < -0.4 is 15.4 Å². The van der Waals surface area contributed by atoms with Crippen LogP contribution in [0.1, 0.15) is 22.3 Å². The van der Waals surface area contributed by atoms with E-state index in [9.17, 15) is 4.79 Å². The maximum Gasteiger partial charge on any atom is 0.253 e. The van der Waals surface area contributed by atoms with Crippen LogP contribution in [0.3, 0.4) is 0 Å². The second kappa shape index (κ2) is 13.8. The average Bonchev–Trinajstić information content (AvgIpc) is 2.72. The van der Waals surface area contributed by atoms with E-state index in [1.807, 2.05) is 54.6 Å². The molecule has 0 saturated carbocycles. The highest BCUT2D eigenvalue weighted by molar-refractivity contribution is 14.0. The van der Waals surface area contributed by atoms with Crippen LogP contribution in [-0.2, 0) is 6.42 Å². The number of hydrogen-bond donors (Lipinski definition) is 2. The van der Waals surface area contributed by atoms with Gasteiger partial charge in [-0.1, -0.05) is 30.3 Å². The van der Waals surface area contributed by atoms with Gasteiger partial charge < -0.3 is 20.3 Å². The first-order chi connectivity index (χ1) is 13.6. The fraction of sp³-hybridized carbons (Fsp3) is 0.364. The number of benzene rings is 2. The quantitative estimate of drug-likeness (QED) is 0.236. The van der Waals surface area contributed by atoms with Crippen LogP contribution in [-0.4, -0.2) is 57.6 Å². The van der Waals surface area contributed by atoms with Crippen LogP contribution in [0, 0.1) is 0 Å². The molecule has 0 radical (unpaired) electrons. The lowest BCUT2D eigenvalue weighted by Crippen LogP contribution is -2.39. The summed E-state index contributed by atoms with van der Waals surface area (Å²) in [5.74, 6) is 1.67. The summed E-state index contributed by atoms with van der Waals surface area (Å²) < 4.78 is 5.68. The van der Waals surface area contributed by atoms with Gasteiger partial charge in [0.1, 0.15) is 5.75 Å². The van der Waals surface area contributed by atoms with Crippen LogP contribution in [0.4, 0.5) is 0 Å². The molecule has 1 amide bonds. The summed E-state index contributed by atoms with van der Waals surface area (Å²) in [5.41, 5.74) is 1.83. The lowest BCUT2D eigenvalue weighted by atomic mass is 10.1. The van der Waals surface area contributed by atoms with Crippen molar-refractivity contribution in [3.05, 3.63) is 65.7 Å². The van der Waals surface area contributed by atoms with Crippen molar-refractivity contribution >= 4 is 35.8 Å². The number of ether oxygens (including phenoxy) is 1. The van der Waals surface area contributed by atoms with E-state index in [1.54, 1.807) is 26.0 Å². The van der Waals surface area contributed by atoms with Crippen LogP contribution in [0.2, 0.25) is 0 Å². The zero-order chi connectivity index (χ0) is 20.2. The molecule has 158 valence electrons. The molecule has 0 heterocycles. The molecule has 2 rings (SSSR count). The highest BCUT2D eigenvalue weighted by Crippen LogP contribution is 2.08. The van der Waals surface area contributed by atoms with E-state index in [1.165, 1.54) is 0 Å². The SMILES string of the molecule is CN=C(NCCCOc1ccccc1)NCCc1cccc(C(=O)N(C)C)c1.I. The molecule has 2 aromatic carbocycles. The van der Waals surface area contributed by atoms with Gasteiger partial charge in [-0.25, -0.2) is 0 Å². The number of para-hydroxylation sites is 1. The third-order valence-electron chi connectivity index (χ3n) is 4.14. The fourth-order valence-electron chi connectivity index (χ4n) is 2.65. The van der Waals surface area contributed by atoms with Gasteiger partial charge in [-0.2, -0.15) is 0 Å². The Bertz CT molecular complexity index is 766. The van der Waals surface area contributed by atoms with E-state index in [0.29, 0.717) is 12.2 Å². The number of guanidine groups is 1. The molecule has 6 nitrogen and oxygen atoms in total. The number of nitrogens with zero attached hydrogens (tertiary/aromatic N) is 2. The molecule has 0 unspecified atom stereocenters. The Morgan fingerprint density at radius 1 is 1.03 bits per heavy atom. The third kappa shape index (κ3) is 9.17. The van der Waals surface area contributed by atoms with Crippen LogP contribution in [0.15, 0.2) is 59.6 Å². The number of hydrogen-bond acceptors (Lipinski definition) is 3. The minimum Gasteiger partial charge on any atom is -0.494 e. The van der Waals surface area contributed by atoms with Crippen molar-refractivity contribution in [3.8, 4) is 5.75 Å². The van der Waals surface area contributed by atoms with Crippen molar-refractivity contribution in [2.45, 2.75) is 12.8 Å². The summed E-state index contributed by atoms with van der Waals surface area (Å²) in [6, 6.07) is 17.6. The summed E-state index contributed by atoms with van der Waals surface area (Å²) in [6.45, 7) is 2.17. The zero-order valence-electron chi connectivity index (χ0n) is 17.4. The molecule has 29 heavy (non-hydrogen) atoms. The van der Waals surface area contributed by atoms with Gasteiger partial charge in [0.25, 0.3) is 5.91 Å². The molecule has 0 saturated heterocycles. The lowest BCUT2D eigenvalue weighted by Gasteiger charge is -2.13. The van der Waals surface area contributed by atoms with E-state index in [4.69, 9.17) is 4.74 Å². The summed E-state index contributed by atoms with van der Waals surface area (Å²) in [5, 5.41) is 6.59. The monoisotopic (exact) mass is 510 g/mol. The Hall–Kier alpha value is -2.29. The first-order valence-corrected chi connectivity index (χ1v) is 9.53. The standard InChI is InChI=1S/C22H30N4O2.HI/c1-23-22(24-14-8-16-28-20-11-5-4-6-12-20)25-15-13-18-9-7-10-19(17-18)21(27)26(2)3;/h4-7,9-12,17H,8,13-16H2,1-3H3,(H2,23,24,25);1H. The first-order valence-electron chi connectivity index (χ1n) is 9.53. The first kappa shape index (κ1) is 24.7. The number of nitrogens with one attached hydrogen (secondary N) is 2. The average molecular weight is 510 g/mol. The smallest absolute Gasteiger partial charge is 0.253 e. The van der Waals surface area contributed by atoms with Gasteiger partial charge in [-0.05, 0) is 42.7 Å². The van der Waals surface area contributed by atoms with Crippen LogP contribution in [0.5, 0.6) is 5.75 Å². The highest BCUT2D eigenvalue weighted by Gasteiger charge is 2.08. The minimum absolute atomic E-state index is 0. The predicted molar refractivity (Wildman–Crippen MR) is 129 cm³/mol. The van der Waals surface area contributed by atoms with Crippen molar-refractivity contribution in [1.82, 2.24) is 15.5 Å². The Morgan fingerprint density at radius 3 is 2.45 bits per heavy atom. The molecular weight excluding hydrogens is 479 g/mol. The van der Waals surface area contributed by atoms with Crippen LogP contribution in [0.25, 0.3) is 0 Å². The number of rotatable bonds is 9. The van der Waals surface area contributed by atoms with Crippen molar-refractivity contribution in [1.29, 1.82) is 0 Å². The zero-order valence-corrected chi connectivity index (χ0v) is 19.7. The fourth-order valence-corrected chi connectivity index (χ4v) is 2.65. The largest absolute Gasteiger partial charge is 0.494 e. The summed E-state index contributed by atoms with van der Waals surface area (Å²) >= 11 is 0. The van der Waals surface area contributed by atoms with E-state index in [0.717, 1.165) is 43.2 Å². The number of amides is 1. The molecule has 7 heteroatoms. The molecule has 0 fully saturated rings. The molecule has 0 aliphatic heterocycles. The maximum absolute atomic E-state index is 12.1. The maximum atomic E-state index is 12.1. The van der Waals surface area contributed by atoms with Crippen molar-refractivity contribution in [2.24, 2.45) is 4.99 Å². The predicted octanol–water partition coefficient (Wildman–Crippen LogP) is 3.18. The molecule has 0 aromatic heterocycles. The topological polar surface area (TPSA) is 66.0 Å². The summed E-state index contributed by atoms with van der Waals surface area (Å²) in [4.78, 5) is 17.9. The molecule has 0 aliphatic carbocycles. The minimum atomic E-state index is 0. The second-order valence-electron chi connectivity index (χ2n) is 6.59. The number of aliphatic imine (C=N–C) groups is 1. The number of carbonyl (C=O) groups excluding carboxylic acids is 1. The van der Waals surface area contributed by atoms with Gasteiger partial charge in [0.15, 0.2) is 5.96 Å². The van der Waals surface area contributed by atoms with Crippen LogP contribution >= 0.6 is 24.0 Å². The molecule has 0 aliphatic rings. The van der Waals surface area contributed by atoms with Gasteiger partial charge in [-0.15, -0.1) is 24.0 Å². The van der Waals surface area contributed by atoms with Crippen molar-refractivity contribution in [2.75, 3.05) is 40.8 Å².